The van der Waals surface area contributed by atoms with E-state index in [9.17, 15) is 9.59 Å². The summed E-state index contributed by atoms with van der Waals surface area (Å²) in [6.07, 6.45) is 3.22. The molecule has 0 aliphatic rings. The van der Waals surface area contributed by atoms with Gasteiger partial charge in [-0.05, 0) is 55.7 Å². The first-order valence-corrected chi connectivity index (χ1v) is 9.23. The molecular weight excluding hydrogens is 368 g/mol. The number of carboxylic acid groups (broad SMARTS) is 2. The summed E-state index contributed by atoms with van der Waals surface area (Å²) in [6, 6.07) is 5.20. The average molecular weight is 402 g/mol. The molecule has 0 amide bonds. The van der Waals surface area contributed by atoms with Gasteiger partial charge in [0.05, 0.1) is 11.1 Å². The van der Waals surface area contributed by atoms with Crippen LogP contribution in [-0.4, -0.2) is 69.0 Å². The number of carbonyl (C=O) groups is 2. The zero-order chi connectivity index (χ0) is 21.9. The molecule has 6 N–H and O–H groups in total. The number of carboxylic acids is 2. The number of aromatic carboxylic acids is 2. The molecule has 8 heteroatoms. The highest BCUT2D eigenvalue weighted by Gasteiger charge is 2.06. The first-order chi connectivity index (χ1) is 13.2. The first kappa shape index (κ1) is 28.2. The Morgan fingerprint density at radius 2 is 1.00 bits per heavy atom. The van der Waals surface area contributed by atoms with Crippen LogP contribution >= 0.6 is 0 Å². The van der Waals surface area contributed by atoms with Crippen LogP contribution in [0.1, 0.15) is 60.2 Å². The van der Waals surface area contributed by atoms with Crippen molar-refractivity contribution in [2.24, 2.45) is 11.8 Å². The third-order valence-corrected chi connectivity index (χ3v) is 3.84. The largest absolute Gasteiger partial charge is 0.478 e. The molecule has 0 saturated heterocycles. The van der Waals surface area contributed by atoms with Crippen molar-refractivity contribution in [3.8, 4) is 0 Å². The van der Waals surface area contributed by atoms with Gasteiger partial charge in [0.2, 0.25) is 0 Å². The Bertz CT molecular complexity index is 477. The van der Waals surface area contributed by atoms with Gasteiger partial charge in [0.25, 0.3) is 0 Å². The molecule has 1 rings (SSSR count). The molecule has 162 valence electrons. The van der Waals surface area contributed by atoms with E-state index in [1.165, 1.54) is 18.2 Å². The molecule has 0 fully saturated rings. The Kier molecular flexibility index (Phi) is 18.5. The van der Waals surface area contributed by atoms with E-state index in [4.69, 9.17) is 30.6 Å². The molecular formula is C20H34O8. The summed E-state index contributed by atoms with van der Waals surface area (Å²) in [5, 5.41) is 50.5. The molecule has 0 atom stereocenters. The molecule has 28 heavy (non-hydrogen) atoms. The van der Waals surface area contributed by atoms with Crippen molar-refractivity contribution in [3.05, 3.63) is 35.4 Å². The van der Waals surface area contributed by atoms with Crippen LogP contribution in [0.15, 0.2) is 24.3 Å². The Hall–Kier alpha value is -2.00. The number of hydrogen-bond acceptors (Lipinski definition) is 6. The van der Waals surface area contributed by atoms with Crippen LogP contribution in [0, 0.1) is 11.8 Å². The topological polar surface area (TPSA) is 156 Å². The van der Waals surface area contributed by atoms with Crippen molar-refractivity contribution in [1.29, 1.82) is 0 Å². The van der Waals surface area contributed by atoms with Gasteiger partial charge in [-0.25, -0.2) is 9.59 Å². The van der Waals surface area contributed by atoms with E-state index in [-0.39, 0.29) is 37.6 Å². The van der Waals surface area contributed by atoms with Crippen molar-refractivity contribution < 1.29 is 40.2 Å². The minimum atomic E-state index is -1.13. The van der Waals surface area contributed by atoms with Crippen LogP contribution in [0.2, 0.25) is 0 Å². The van der Waals surface area contributed by atoms with Gasteiger partial charge in [0.15, 0.2) is 0 Å². The standard InChI is InChI=1S/C8H6O4.2C6H14O2/c9-7(10)5-2-1-3-6(4-5)8(11)12;2*1-6(2-4-7)3-5-8/h1-4H,(H,9,10)(H,11,12);2*6-8H,2-5H2,1H3. The predicted molar refractivity (Wildman–Crippen MR) is 105 cm³/mol. The van der Waals surface area contributed by atoms with Crippen molar-refractivity contribution in [1.82, 2.24) is 0 Å². The molecule has 0 radical (unpaired) electrons. The highest BCUT2D eigenvalue weighted by Crippen LogP contribution is 2.05. The summed E-state index contributed by atoms with van der Waals surface area (Å²) < 4.78 is 0. The van der Waals surface area contributed by atoms with E-state index in [1.807, 2.05) is 13.8 Å². The quantitative estimate of drug-likeness (QED) is 0.346. The maximum Gasteiger partial charge on any atom is 0.335 e. The smallest absolute Gasteiger partial charge is 0.335 e. The summed E-state index contributed by atoms with van der Waals surface area (Å²) in [7, 11) is 0. The zero-order valence-electron chi connectivity index (χ0n) is 16.6. The van der Waals surface area contributed by atoms with E-state index in [0.29, 0.717) is 11.8 Å². The lowest BCUT2D eigenvalue weighted by Crippen LogP contribution is -2.01. The molecule has 0 heterocycles. The van der Waals surface area contributed by atoms with Crippen LogP contribution in [-0.2, 0) is 0 Å². The van der Waals surface area contributed by atoms with Crippen LogP contribution in [0.5, 0.6) is 0 Å². The van der Waals surface area contributed by atoms with Gasteiger partial charge < -0.3 is 30.6 Å². The SMILES string of the molecule is CC(CCO)CCO.CC(CCO)CCO.O=C(O)c1cccc(C(=O)O)c1. The average Bonchev–Trinajstić information content (AvgIpc) is 2.64. The van der Waals surface area contributed by atoms with Crippen LogP contribution < -0.4 is 0 Å². The van der Waals surface area contributed by atoms with Crippen LogP contribution in [0.3, 0.4) is 0 Å². The Balaban J connectivity index is 0. The molecule has 0 unspecified atom stereocenters. The Morgan fingerprint density at radius 1 is 0.714 bits per heavy atom. The molecule has 0 aliphatic heterocycles. The number of aliphatic hydroxyl groups is 4. The summed E-state index contributed by atoms with van der Waals surface area (Å²) in [5.74, 6) is -1.33. The predicted octanol–water partition coefficient (Wildman–Crippen LogP) is 1.86. The van der Waals surface area contributed by atoms with Gasteiger partial charge in [0, 0.05) is 26.4 Å². The molecule has 0 saturated carbocycles. The number of aliphatic hydroxyl groups excluding tert-OH is 4. The lowest BCUT2D eigenvalue weighted by atomic mass is 10.1. The monoisotopic (exact) mass is 402 g/mol. The summed E-state index contributed by atoms with van der Waals surface area (Å²) in [5.41, 5.74) is -0.0372. The minimum Gasteiger partial charge on any atom is -0.478 e. The minimum absolute atomic E-state index is 0.0186. The lowest BCUT2D eigenvalue weighted by Gasteiger charge is -2.04. The zero-order valence-corrected chi connectivity index (χ0v) is 16.6. The van der Waals surface area contributed by atoms with E-state index in [2.05, 4.69) is 0 Å². The van der Waals surface area contributed by atoms with Crippen LogP contribution in [0.4, 0.5) is 0 Å². The van der Waals surface area contributed by atoms with E-state index >= 15 is 0 Å². The second-order valence-corrected chi connectivity index (χ2v) is 6.45. The molecule has 8 nitrogen and oxygen atoms in total. The third kappa shape index (κ3) is 16.2. The molecule has 0 aliphatic carbocycles. The number of hydrogen-bond donors (Lipinski definition) is 6. The van der Waals surface area contributed by atoms with Gasteiger partial charge in [0.1, 0.15) is 0 Å². The second kappa shape index (κ2) is 18.4. The Labute approximate surface area is 166 Å². The molecule has 1 aromatic carbocycles. The number of benzene rings is 1. The lowest BCUT2D eigenvalue weighted by molar-refractivity contribution is 0.0696. The van der Waals surface area contributed by atoms with Gasteiger partial charge in [-0.3, -0.25) is 0 Å². The molecule has 0 spiro atoms. The van der Waals surface area contributed by atoms with Gasteiger partial charge in [-0.2, -0.15) is 0 Å². The van der Waals surface area contributed by atoms with Crippen molar-refractivity contribution in [3.63, 3.8) is 0 Å². The van der Waals surface area contributed by atoms with Gasteiger partial charge in [-0.1, -0.05) is 19.9 Å². The van der Waals surface area contributed by atoms with Crippen molar-refractivity contribution >= 4 is 11.9 Å². The molecule has 0 bridgehead atoms. The normalized spacial score (nSPS) is 10.0. The summed E-state index contributed by atoms with van der Waals surface area (Å²) in [6.45, 7) is 4.99. The van der Waals surface area contributed by atoms with E-state index < -0.39 is 11.9 Å². The molecule has 0 aromatic heterocycles. The van der Waals surface area contributed by atoms with E-state index in [0.717, 1.165) is 31.7 Å². The third-order valence-electron chi connectivity index (χ3n) is 3.84. The fourth-order valence-electron chi connectivity index (χ4n) is 1.96. The number of rotatable bonds is 10. The van der Waals surface area contributed by atoms with Crippen LogP contribution in [0.25, 0.3) is 0 Å². The highest BCUT2D eigenvalue weighted by molar-refractivity contribution is 5.93. The van der Waals surface area contributed by atoms with Crippen molar-refractivity contribution in [2.45, 2.75) is 39.5 Å². The summed E-state index contributed by atoms with van der Waals surface area (Å²) >= 11 is 0. The molecule has 1 aromatic rings. The van der Waals surface area contributed by atoms with Gasteiger partial charge in [-0.15, -0.1) is 0 Å². The first-order valence-electron chi connectivity index (χ1n) is 9.23. The maximum atomic E-state index is 10.4. The van der Waals surface area contributed by atoms with E-state index in [1.54, 1.807) is 0 Å². The fourth-order valence-corrected chi connectivity index (χ4v) is 1.96. The van der Waals surface area contributed by atoms with Crippen molar-refractivity contribution in [2.75, 3.05) is 26.4 Å². The fraction of sp³-hybridized carbons (Fsp3) is 0.600. The maximum absolute atomic E-state index is 10.4. The van der Waals surface area contributed by atoms with Gasteiger partial charge >= 0.3 is 11.9 Å². The second-order valence-electron chi connectivity index (χ2n) is 6.45. The highest BCUT2D eigenvalue weighted by atomic mass is 16.4. The Morgan fingerprint density at radius 3 is 1.21 bits per heavy atom. The summed E-state index contributed by atoms with van der Waals surface area (Å²) in [4.78, 5) is 20.8.